The first-order valence-corrected chi connectivity index (χ1v) is 6.07. The van der Waals surface area contributed by atoms with Gasteiger partial charge in [-0.2, -0.15) is 0 Å². The van der Waals surface area contributed by atoms with Gasteiger partial charge in [-0.25, -0.2) is 0 Å². The zero-order valence-corrected chi connectivity index (χ0v) is 11.4. The molecule has 88 valence electrons. The average molecular weight is 210 g/mol. The molecule has 0 aromatic heterocycles. The molecule has 0 N–H and O–H groups in total. The van der Waals surface area contributed by atoms with Gasteiger partial charge in [0.25, 0.3) is 0 Å². The van der Waals surface area contributed by atoms with Crippen molar-refractivity contribution in [1.82, 2.24) is 0 Å². The van der Waals surface area contributed by atoms with Gasteiger partial charge in [-0.05, 0) is 17.4 Å². The normalized spacial score (nSPS) is 23.3. The Morgan fingerprint density at radius 3 is 1.87 bits per heavy atom. The van der Waals surface area contributed by atoms with Crippen molar-refractivity contribution in [3.8, 4) is 0 Å². The van der Waals surface area contributed by atoms with Gasteiger partial charge in [0.15, 0.2) is 0 Å². The van der Waals surface area contributed by atoms with Crippen LogP contribution < -0.4 is 0 Å². The Hall–Kier alpha value is -0.460. The van der Waals surface area contributed by atoms with Gasteiger partial charge >= 0.3 is 0 Å². The van der Waals surface area contributed by atoms with Crippen LogP contribution >= 0.6 is 0 Å². The predicted octanol–water partition coefficient (Wildman–Crippen LogP) is 4.53. The van der Waals surface area contributed by atoms with Gasteiger partial charge in [0, 0.05) is 11.8 Å². The van der Waals surface area contributed by atoms with Crippen molar-refractivity contribution in [3.05, 3.63) is 11.3 Å². The molecule has 0 spiro atoms. The zero-order valence-electron chi connectivity index (χ0n) is 11.4. The maximum absolute atomic E-state index is 6.09. The molecule has 1 atom stereocenters. The van der Waals surface area contributed by atoms with Crippen LogP contribution in [-0.4, -0.2) is 6.10 Å². The highest BCUT2D eigenvalue weighted by atomic mass is 16.5. The largest absolute Gasteiger partial charge is 0.494 e. The summed E-state index contributed by atoms with van der Waals surface area (Å²) in [5.41, 5.74) is 1.90. The van der Waals surface area contributed by atoms with Crippen LogP contribution in [0.1, 0.15) is 61.3 Å². The molecule has 1 heterocycles. The molecule has 0 fully saturated rings. The van der Waals surface area contributed by atoms with E-state index in [1.54, 1.807) is 0 Å². The van der Waals surface area contributed by atoms with Gasteiger partial charge in [0.1, 0.15) is 11.9 Å². The van der Waals surface area contributed by atoms with Crippen LogP contribution in [0.25, 0.3) is 0 Å². The maximum atomic E-state index is 6.09. The molecule has 15 heavy (non-hydrogen) atoms. The van der Waals surface area contributed by atoms with Gasteiger partial charge in [-0.1, -0.05) is 48.5 Å². The molecule has 1 aliphatic rings. The summed E-state index contributed by atoms with van der Waals surface area (Å²) in [6, 6.07) is 0. The minimum absolute atomic E-state index is 0.145. The number of rotatable bonds is 1. The summed E-state index contributed by atoms with van der Waals surface area (Å²) in [5, 5.41) is 0. The van der Waals surface area contributed by atoms with Crippen LogP contribution in [0.15, 0.2) is 11.3 Å². The lowest BCUT2D eigenvalue weighted by Crippen LogP contribution is -2.17. The van der Waals surface area contributed by atoms with Crippen molar-refractivity contribution in [2.24, 2.45) is 10.8 Å². The van der Waals surface area contributed by atoms with Gasteiger partial charge in [-0.15, -0.1) is 0 Å². The number of hydrogen-bond acceptors (Lipinski definition) is 1. The number of allylic oxidation sites excluding steroid dienone is 1. The summed E-state index contributed by atoms with van der Waals surface area (Å²) in [7, 11) is 0. The molecule has 1 nitrogen and oxygen atoms in total. The van der Waals surface area contributed by atoms with Crippen LogP contribution in [0.3, 0.4) is 0 Å². The summed E-state index contributed by atoms with van der Waals surface area (Å²) in [4.78, 5) is 0. The highest BCUT2D eigenvalue weighted by Gasteiger charge is 2.36. The van der Waals surface area contributed by atoms with Gasteiger partial charge in [0.05, 0.1) is 0 Å². The molecule has 0 aromatic rings. The van der Waals surface area contributed by atoms with E-state index in [4.69, 9.17) is 4.74 Å². The Kier molecular flexibility index (Phi) is 3.23. The second kappa shape index (κ2) is 3.84. The topological polar surface area (TPSA) is 9.23 Å². The van der Waals surface area contributed by atoms with Crippen LogP contribution in [-0.2, 0) is 4.74 Å². The monoisotopic (exact) mass is 210 g/mol. The molecule has 1 rings (SSSR count). The second-order valence-corrected chi connectivity index (χ2v) is 6.66. The molecular weight excluding hydrogens is 184 g/mol. The summed E-state index contributed by atoms with van der Waals surface area (Å²) in [6.45, 7) is 15.8. The standard InChI is InChI=1S/C14H26O/c1-8-10-9-11(13(2,3)4)12(15-10)14(5,6)7/h10H,8-9H2,1-7H3. The fraction of sp³-hybridized carbons (Fsp3) is 0.857. The molecule has 0 bridgehead atoms. The van der Waals surface area contributed by atoms with Crippen LogP contribution in [0, 0.1) is 10.8 Å². The summed E-state index contributed by atoms with van der Waals surface area (Å²) in [5.74, 6) is 1.24. The highest BCUT2D eigenvalue weighted by Crippen LogP contribution is 2.45. The van der Waals surface area contributed by atoms with Crippen molar-refractivity contribution in [2.75, 3.05) is 0 Å². The molecule has 1 unspecified atom stereocenters. The van der Waals surface area contributed by atoms with Crippen LogP contribution in [0.5, 0.6) is 0 Å². The third kappa shape index (κ3) is 2.76. The van der Waals surface area contributed by atoms with E-state index in [2.05, 4.69) is 48.5 Å². The first-order valence-electron chi connectivity index (χ1n) is 6.07. The average Bonchev–Trinajstić information content (AvgIpc) is 2.44. The number of hydrogen-bond donors (Lipinski definition) is 0. The van der Waals surface area contributed by atoms with E-state index in [0.717, 1.165) is 12.8 Å². The van der Waals surface area contributed by atoms with E-state index in [1.807, 2.05) is 0 Å². The van der Waals surface area contributed by atoms with Gasteiger partial charge in [0.2, 0.25) is 0 Å². The minimum Gasteiger partial charge on any atom is -0.494 e. The quantitative estimate of drug-likeness (QED) is 0.617. The van der Waals surface area contributed by atoms with Gasteiger partial charge < -0.3 is 4.74 Å². The minimum atomic E-state index is 0.145. The molecular formula is C14H26O. The summed E-state index contributed by atoms with van der Waals surface area (Å²) >= 11 is 0. The lowest BCUT2D eigenvalue weighted by atomic mass is 9.79. The third-order valence-corrected chi connectivity index (χ3v) is 3.03. The van der Waals surface area contributed by atoms with E-state index in [-0.39, 0.29) is 10.8 Å². The smallest absolute Gasteiger partial charge is 0.102 e. The maximum Gasteiger partial charge on any atom is 0.102 e. The lowest BCUT2D eigenvalue weighted by molar-refractivity contribution is 0.1000. The van der Waals surface area contributed by atoms with E-state index in [1.165, 1.54) is 11.3 Å². The first kappa shape index (κ1) is 12.6. The Morgan fingerprint density at radius 2 is 1.60 bits per heavy atom. The molecule has 0 amide bonds. The van der Waals surface area contributed by atoms with E-state index >= 15 is 0 Å². The fourth-order valence-corrected chi connectivity index (χ4v) is 2.10. The molecule has 0 saturated heterocycles. The van der Waals surface area contributed by atoms with Crippen molar-refractivity contribution in [3.63, 3.8) is 0 Å². The first-order chi connectivity index (χ1) is 6.66. The second-order valence-electron chi connectivity index (χ2n) is 6.66. The summed E-state index contributed by atoms with van der Waals surface area (Å²) in [6.07, 6.45) is 2.64. The van der Waals surface area contributed by atoms with Crippen LogP contribution in [0.4, 0.5) is 0 Å². The highest BCUT2D eigenvalue weighted by molar-refractivity contribution is 5.24. The van der Waals surface area contributed by atoms with Crippen LogP contribution in [0.2, 0.25) is 0 Å². The Balaban J connectivity index is 3.04. The van der Waals surface area contributed by atoms with Crippen molar-refractivity contribution < 1.29 is 4.74 Å². The molecule has 1 aliphatic heterocycles. The van der Waals surface area contributed by atoms with E-state index in [9.17, 15) is 0 Å². The third-order valence-electron chi connectivity index (χ3n) is 3.03. The molecule has 0 radical (unpaired) electrons. The SMILES string of the molecule is CCC1CC(C(C)(C)C)=C(C(C)(C)C)O1. The molecule has 0 saturated carbocycles. The molecule has 0 aromatic carbocycles. The van der Waals surface area contributed by atoms with E-state index in [0.29, 0.717) is 6.10 Å². The Bertz CT molecular complexity index is 234. The number of ether oxygens (including phenoxy) is 1. The zero-order chi connectivity index (χ0) is 11.9. The van der Waals surface area contributed by atoms with Crippen molar-refractivity contribution in [1.29, 1.82) is 0 Å². The summed E-state index contributed by atoms with van der Waals surface area (Å²) < 4.78 is 6.09. The molecule has 1 heteroatoms. The van der Waals surface area contributed by atoms with Gasteiger partial charge in [-0.3, -0.25) is 0 Å². The Labute approximate surface area is 94.9 Å². The molecule has 0 aliphatic carbocycles. The lowest BCUT2D eigenvalue weighted by Gasteiger charge is -2.27. The Morgan fingerprint density at radius 1 is 1.07 bits per heavy atom. The van der Waals surface area contributed by atoms with Crippen molar-refractivity contribution in [2.45, 2.75) is 67.4 Å². The fourth-order valence-electron chi connectivity index (χ4n) is 2.10. The van der Waals surface area contributed by atoms with Crippen molar-refractivity contribution >= 4 is 0 Å². The van der Waals surface area contributed by atoms with E-state index < -0.39 is 0 Å². The predicted molar refractivity (Wildman–Crippen MR) is 65.7 cm³/mol.